The summed E-state index contributed by atoms with van der Waals surface area (Å²) in [7, 11) is 0. The van der Waals surface area contributed by atoms with Crippen LogP contribution in [0.25, 0.3) is 0 Å². The number of rotatable bonds is 36. The van der Waals surface area contributed by atoms with Gasteiger partial charge in [0.25, 0.3) is 0 Å². The lowest BCUT2D eigenvalue weighted by atomic mass is 9.92. The van der Waals surface area contributed by atoms with Gasteiger partial charge in [-0.2, -0.15) is 0 Å². The first-order chi connectivity index (χ1) is 22.5. The average Bonchev–Trinajstić information content (AvgIpc) is 3.06. The maximum absolute atomic E-state index is 11.4. The van der Waals surface area contributed by atoms with Gasteiger partial charge in [-0.15, -0.1) is 0 Å². The quantitative estimate of drug-likeness (QED) is 0.0461. The van der Waals surface area contributed by atoms with Gasteiger partial charge in [-0.25, -0.2) is 0 Å². The molecule has 0 aromatic heterocycles. The molecule has 0 bridgehead atoms. The fourth-order valence-electron chi connectivity index (χ4n) is 6.17. The molecule has 0 amide bonds. The minimum Gasteiger partial charge on any atom is -0.463 e. The molecule has 2 atom stereocenters. The predicted molar refractivity (Wildman–Crippen MR) is 199 cm³/mol. The Hall–Kier alpha value is -0.650. The smallest absolute Gasteiger partial charge is 0.305 e. The molecule has 0 saturated carbocycles. The maximum Gasteiger partial charge on any atom is 0.305 e. The summed E-state index contributed by atoms with van der Waals surface area (Å²) in [5, 5.41) is 26.9. The molecule has 0 saturated heterocycles. The zero-order chi connectivity index (χ0) is 34.2. The Morgan fingerprint density at radius 3 is 1.13 bits per heavy atom. The number of esters is 1. The molecule has 0 radical (unpaired) electrons. The van der Waals surface area contributed by atoms with Crippen molar-refractivity contribution in [3.8, 4) is 0 Å². The van der Waals surface area contributed by atoms with Gasteiger partial charge in [-0.05, 0) is 18.8 Å². The summed E-state index contributed by atoms with van der Waals surface area (Å²) in [5.74, 6) is 0.513. The third-order valence-corrected chi connectivity index (χ3v) is 9.35. The van der Waals surface area contributed by atoms with E-state index in [1.165, 1.54) is 180 Å². The summed E-state index contributed by atoms with van der Waals surface area (Å²) >= 11 is 0. The van der Waals surface area contributed by atoms with Crippen molar-refractivity contribution in [2.45, 2.75) is 232 Å². The van der Waals surface area contributed by atoms with Gasteiger partial charge in [0, 0.05) is 13.0 Å². The number of hydrogen-bond acceptors (Lipinski definition) is 5. The molecule has 0 spiro atoms. The molecule has 0 rings (SSSR count). The molecule has 5 nitrogen and oxygen atoms in total. The highest BCUT2D eigenvalue weighted by molar-refractivity contribution is 5.69. The fraction of sp³-hybridized carbons (Fsp3) is 0.976. The molecule has 278 valence electrons. The number of carbonyl (C=O) groups excluding carboxylic acids is 1. The molecule has 0 aliphatic heterocycles. The third kappa shape index (κ3) is 41.4. The SMILES string of the molecule is CCCCCCCCCC(CCO)CCCCCCCC.CCCCCCCCCCCCCCCCCC(=O)OCC(O)CO. The van der Waals surface area contributed by atoms with Crippen molar-refractivity contribution in [1.82, 2.24) is 0 Å². The summed E-state index contributed by atoms with van der Waals surface area (Å²) in [6, 6.07) is 0. The van der Waals surface area contributed by atoms with Crippen LogP contribution in [0.15, 0.2) is 0 Å². The van der Waals surface area contributed by atoms with E-state index in [0.29, 0.717) is 13.0 Å². The molecule has 2 unspecified atom stereocenters. The highest BCUT2D eigenvalue weighted by atomic mass is 16.5. The van der Waals surface area contributed by atoms with E-state index < -0.39 is 6.10 Å². The van der Waals surface area contributed by atoms with Crippen molar-refractivity contribution in [3.05, 3.63) is 0 Å². The lowest BCUT2D eigenvalue weighted by molar-refractivity contribution is -0.147. The zero-order valence-corrected chi connectivity index (χ0v) is 31.6. The zero-order valence-electron chi connectivity index (χ0n) is 31.6. The Labute approximate surface area is 288 Å². The van der Waals surface area contributed by atoms with E-state index in [1.807, 2.05) is 0 Å². The Morgan fingerprint density at radius 1 is 0.478 bits per heavy atom. The highest BCUT2D eigenvalue weighted by Gasteiger charge is 2.08. The lowest BCUT2D eigenvalue weighted by Gasteiger charge is -2.15. The molecule has 5 heteroatoms. The molecule has 0 aromatic rings. The van der Waals surface area contributed by atoms with E-state index in [4.69, 9.17) is 14.9 Å². The van der Waals surface area contributed by atoms with Crippen molar-refractivity contribution in [2.24, 2.45) is 5.92 Å². The van der Waals surface area contributed by atoms with Crippen LogP contribution in [0.1, 0.15) is 226 Å². The van der Waals surface area contributed by atoms with E-state index >= 15 is 0 Å². The van der Waals surface area contributed by atoms with E-state index in [1.54, 1.807) is 0 Å². The standard InChI is InChI=1S/C21H42O4.C20H42O/c1-2-3-4-5-6-7-8-9-10-11-12-13-14-15-16-17-21(24)25-19-20(23)18-22;1-3-5-7-9-11-13-15-17-20(18-19-21)16-14-12-10-8-6-4-2/h20,22-23H,2-19H2,1H3;20-21H,3-19H2,1-2H3. The lowest BCUT2D eigenvalue weighted by Crippen LogP contribution is -2.21. The van der Waals surface area contributed by atoms with Crippen LogP contribution in [0, 0.1) is 5.92 Å². The summed E-state index contributed by atoms with van der Waals surface area (Å²) in [4.78, 5) is 11.4. The summed E-state index contributed by atoms with van der Waals surface area (Å²) in [5.41, 5.74) is 0. The van der Waals surface area contributed by atoms with Crippen LogP contribution in [0.2, 0.25) is 0 Å². The van der Waals surface area contributed by atoms with Crippen molar-refractivity contribution in [3.63, 3.8) is 0 Å². The summed E-state index contributed by atoms with van der Waals surface area (Å²) in [6.45, 7) is 6.74. The van der Waals surface area contributed by atoms with Gasteiger partial charge in [0.1, 0.15) is 12.7 Å². The maximum atomic E-state index is 11.4. The number of hydrogen-bond donors (Lipinski definition) is 3. The van der Waals surface area contributed by atoms with E-state index in [-0.39, 0.29) is 19.2 Å². The van der Waals surface area contributed by atoms with Crippen molar-refractivity contribution < 1.29 is 24.9 Å². The van der Waals surface area contributed by atoms with Crippen LogP contribution >= 0.6 is 0 Å². The first-order valence-corrected chi connectivity index (χ1v) is 20.6. The monoisotopic (exact) mass is 657 g/mol. The van der Waals surface area contributed by atoms with Crippen molar-refractivity contribution >= 4 is 5.97 Å². The fourth-order valence-corrected chi connectivity index (χ4v) is 6.17. The molecule has 0 heterocycles. The second-order valence-corrected chi connectivity index (χ2v) is 14.1. The van der Waals surface area contributed by atoms with Gasteiger partial charge in [-0.3, -0.25) is 4.79 Å². The van der Waals surface area contributed by atoms with E-state index in [9.17, 15) is 9.90 Å². The van der Waals surface area contributed by atoms with Crippen LogP contribution in [-0.2, 0) is 9.53 Å². The largest absolute Gasteiger partial charge is 0.463 e. The van der Waals surface area contributed by atoms with Crippen LogP contribution in [0.5, 0.6) is 0 Å². The normalized spacial score (nSPS) is 12.5. The average molecular weight is 657 g/mol. The summed E-state index contributed by atoms with van der Waals surface area (Å²) < 4.78 is 4.86. The van der Waals surface area contributed by atoms with Gasteiger partial charge >= 0.3 is 5.97 Å². The van der Waals surface area contributed by atoms with Crippen LogP contribution in [-0.4, -0.2) is 47.2 Å². The van der Waals surface area contributed by atoms with Crippen molar-refractivity contribution in [1.29, 1.82) is 0 Å². The predicted octanol–water partition coefficient (Wildman–Crippen LogP) is 12.0. The highest BCUT2D eigenvalue weighted by Crippen LogP contribution is 2.22. The molecule has 3 N–H and O–H groups in total. The topological polar surface area (TPSA) is 87.0 Å². The van der Waals surface area contributed by atoms with Crippen molar-refractivity contribution in [2.75, 3.05) is 19.8 Å². The van der Waals surface area contributed by atoms with Gasteiger partial charge in [0.15, 0.2) is 0 Å². The minimum atomic E-state index is -0.954. The number of aliphatic hydroxyl groups is 3. The van der Waals surface area contributed by atoms with Gasteiger partial charge < -0.3 is 20.1 Å². The Morgan fingerprint density at radius 2 is 0.804 bits per heavy atom. The molecular formula is C41H84O5. The first-order valence-electron chi connectivity index (χ1n) is 20.6. The first kappa shape index (κ1) is 47.5. The molecule has 46 heavy (non-hydrogen) atoms. The number of aliphatic hydroxyl groups excluding tert-OH is 3. The van der Waals surface area contributed by atoms with E-state index in [0.717, 1.165) is 25.2 Å². The second kappa shape index (κ2) is 42.4. The van der Waals surface area contributed by atoms with E-state index in [2.05, 4.69) is 20.8 Å². The molecule has 0 aliphatic carbocycles. The molecular weight excluding hydrogens is 572 g/mol. The minimum absolute atomic E-state index is 0.103. The molecule has 0 aromatic carbocycles. The summed E-state index contributed by atoms with van der Waals surface area (Å²) in [6.07, 6.45) is 40.9. The second-order valence-electron chi connectivity index (χ2n) is 14.1. The van der Waals surface area contributed by atoms with Gasteiger partial charge in [0.05, 0.1) is 6.61 Å². The Balaban J connectivity index is 0. The Bertz CT molecular complexity index is 555. The molecule has 0 fully saturated rings. The van der Waals surface area contributed by atoms with Crippen LogP contribution < -0.4 is 0 Å². The van der Waals surface area contributed by atoms with Crippen LogP contribution in [0.3, 0.4) is 0 Å². The molecule has 0 aliphatic rings. The number of carbonyl (C=O) groups is 1. The third-order valence-electron chi connectivity index (χ3n) is 9.35. The Kier molecular flexibility index (Phi) is 43.7. The number of ether oxygens (including phenoxy) is 1. The number of unbranched alkanes of at least 4 members (excludes halogenated alkanes) is 25. The van der Waals surface area contributed by atoms with Gasteiger partial charge in [0.2, 0.25) is 0 Å². The van der Waals surface area contributed by atoms with Crippen LogP contribution in [0.4, 0.5) is 0 Å². The van der Waals surface area contributed by atoms with Gasteiger partial charge in [-0.1, -0.05) is 207 Å².